The molecule has 6 heteroatoms. The summed E-state index contributed by atoms with van der Waals surface area (Å²) in [6.07, 6.45) is 3.07. The van der Waals surface area contributed by atoms with Crippen LogP contribution in [0.2, 0.25) is 0 Å². The molecule has 0 atom stereocenters. The van der Waals surface area contributed by atoms with Crippen LogP contribution >= 0.6 is 11.8 Å². The second kappa shape index (κ2) is 7.55. The van der Waals surface area contributed by atoms with Gasteiger partial charge in [-0.2, -0.15) is 11.8 Å². The molecule has 19 heavy (non-hydrogen) atoms. The maximum absolute atomic E-state index is 12.0. The first-order chi connectivity index (χ1) is 8.95. The highest BCUT2D eigenvalue weighted by molar-refractivity contribution is 7.98. The Labute approximate surface area is 118 Å². The highest BCUT2D eigenvalue weighted by Crippen LogP contribution is 2.15. The minimum atomic E-state index is -3.21. The summed E-state index contributed by atoms with van der Waals surface area (Å²) in [7, 11) is -3.21. The van der Waals surface area contributed by atoms with E-state index in [9.17, 15) is 13.2 Å². The molecule has 1 rings (SSSR count). The SMILES string of the molecule is CSCCCS(=O)(=O)c1ccc(CCC(=O)O)cc1. The Morgan fingerprint density at radius 2 is 1.89 bits per heavy atom. The number of hydrogen-bond donors (Lipinski definition) is 1. The van der Waals surface area contributed by atoms with Gasteiger partial charge in [0.2, 0.25) is 0 Å². The molecule has 1 N–H and O–H groups in total. The fraction of sp³-hybridized carbons (Fsp3) is 0.462. The summed E-state index contributed by atoms with van der Waals surface area (Å²) in [4.78, 5) is 10.8. The van der Waals surface area contributed by atoms with Crippen LogP contribution in [-0.4, -0.2) is 37.3 Å². The monoisotopic (exact) mass is 302 g/mol. The van der Waals surface area contributed by atoms with E-state index in [0.717, 1.165) is 11.3 Å². The molecule has 0 fully saturated rings. The molecular weight excluding hydrogens is 284 g/mol. The molecule has 1 aromatic carbocycles. The average Bonchev–Trinajstić information content (AvgIpc) is 2.37. The molecule has 0 saturated heterocycles. The minimum Gasteiger partial charge on any atom is -0.481 e. The molecule has 1 aromatic rings. The molecular formula is C13H18O4S2. The normalized spacial score (nSPS) is 11.4. The van der Waals surface area contributed by atoms with Gasteiger partial charge >= 0.3 is 5.97 Å². The second-order valence-electron chi connectivity index (χ2n) is 4.20. The number of benzene rings is 1. The molecule has 0 heterocycles. The molecule has 0 saturated carbocycles. The largest absolute Gasteiger partial charge is 0.481 e. The van der Waals surface area contributed by atoms with Crippen LogP contribution in [0.4, 0.5) is 0 Å². The van der Waals surface area contributed by atoms with E-state index in [1.807, 2.05) is 6.26 Å². The van der Waals surface area contributed by atoms with Crippen LogP contribution in [0.3, 0.4) is 0 Å². The third-order valence-electron chi connectivity index (χ3n) is 2.67. The zero-order chi connectivity index (χ0) is 14.3. The number of thioether (sulfide) groups is 1. The van der Waals surface area contributed by atoms with Gasteiger partial charge in [-0.25, -0.2) is 8.42 Å². The smallest absolute Gasteiger partial charge is 0.303 e. The predicted molar refractivity (Wildman–Crippen MR) is 77.5 cm³/mol. The molecule has 106 valence electrons. The van der Waals surface area contributed by atoms with Gasteiger partial charge in [-0.3, -0.25) is 4.79 Å². The van der Waals surface area contributed by atoms with Crippen molar-refractivity contribution < 1.29 is 18.3 Å². The van der Waals surface area contributed by atoms with Crippen molar-refractivity contribution in [1.82, 2.24) is 0 Å². The second-order valence-corrected chi connectivity index (χ2v) is 7.30. The summed E-state index contributed by atoms with van der Waals surface area (Å²) in [5, 5.41) is 8.58. The Morgan fingerprint density at radius 1 is 1.26 bits per heavy atom. The summed E-state index contributed by atoms with van der Waals surface area (Å²) in [6, 6.07) is 6.49. The van der Waals surface area contributed by atoms with Gasteiger partial charge in [0.05, 0.1) is 10.6 Å². The Balaban J connectivity index is 2.66. The number of rotatable bonds is 8. The van der Waals surface area contributed by atoms with Crippen LogP contribution < -0.4 is 0 Å². The first kappa shape index (κ1) is 16.0. The van der Waals surface area contributed by atoms with E-state index in [-0.39, 0.29) is 12.2 Å². The number of carboxylic acid groups (broad SMARTS) is 1. The van der Waals surface area contributed by atoms with Gasteiger partial charge < -0.3 is 5.11 Å². The molecule has 4 nitrogen and oxygen atoms in total. The minimum absolute atomic E-state index is 0.0554. The van der Waals surface area contributed by atoms with Crippen molar-refractivity contribution in [3.05, 3.63) is 29.8 Å². The van der Waals surface area contributed by atoms with Gasteiger partial charge in [0.25, 0.3) is 0 Å². The highest BCUT2D eigenvalue weighted by Gasteiger charge is 2.13. The summed E-state index contributed by atoms with van der Waals surface area (Å²) in [5.74, 6) is 0.131. The third kappa shape index (κ3) is 5.65. The van der Waals surface area contributed by atoms with Crippen LogP contribution in [0, 0.1) is 0 Å². The van der Waals surface area contributed by atoms with Crippen molar-refractivity contribution >= 4 is 27.6 Å². The van der Waals surface area contributed by atoms with Crippen molar-refractivity contribution in [2.45, 2.75) is 24.2 Å². The molecule has 0 aromatic heterocycles. The number of hydrogen-bond acceptors (Lipinski definition) is 4. The van der Waals surface area contributed by atoms with Crippen molar-refractivity contribution in [2.75, 3.05) is 17.8 Å². The molecule has 0 aliphatic heterocycles. The number of carboxylic acids is 1. The van der Waals surface area contributed by atoms with Gasteiger partial charge in [0.1, 0.15) is 0 Å². The fourth-order valence-corrected chi connectivity index (χ4v) is 3.55. The van der Waals surface area contributed by atoms with Crippen LogP contribution in [0.5, 0.6) is 0 Å². The van der Waals surface area contributed by atoms with Crippen molar-refractivity contribution in [2.24, 2.45) is 0 Å². The lowest BCUT2D eigenvalue weighted by molar-refractivity contribution is -0.136. The van der Waals surface area contributed by atoms with Crippen LogP contribution in [0.25, 0.3) is 0 Å². The molecule has 0 aliphatic carbocycles. The first-order valence-corrected chi connectivity index (χ1v) is 9.03. The van der Waals surface area contributed by atoms with E-state index in [1.165, 1.54) is 0 Å². The van der Waals surface area contributed by atoms with Gasteiger partial charge in [-0.05, 0) is 42.5 Å². The summed E-state index contributed by atoms with van der Waals surface area (Å²) in [5.41, 5.74) is 0.838. The summed E-state index contributed by atoms with van der Waals surface area (Å²) >= 11 is 1.63. The van der Waals surface area contributed by atoms with Crippen LogP contribution in [0.15, 0.2) is 29.2 Å². The fourth-order valence-electron chi connectivity index (χ4n) is 1.63. The van der Waals surface area contributed by atoms with Gasteiger partial charge in [0.15, 0.2) is 9.84 Å². The van der Waals surface area contributed by atoms with Gasteiger partial charge in [0, 0.05) is 6.42 Å². The highest BCUT2D eigenvalue weighted by atomic mass is 32.2. The first-order valence-electron chi connectivity index (χ1n) is 5.98. The van der Waals surface area contributed by atoms with E-state index < -0.39 is 15.8 Å². The zero-order valence-electron chi connectivity index (χ0n) is 10.8. The van der Waals surface area contributed by atoms with Crippen LogP contribution in [-0.2, 0) is 21.1 Å². The summed E-state index contributed by atoms with van der Waals surface area (Å²) in [6.45, 7) is 0. The number of aliphatic carboxylic acids is 1. The topological polar surface area (TPSA) is 71.4 Å². The maximum atomic E-state index is 12.0. The van der Waals surface area contributed by atoms with E-state index >= 15 is 0 Å². The Hall–Kier alpha value is -1.01. The molecule has 0 unspecified atom stereocenters. The molecule has 0 spiro atoms. The standard InChI is InChI=1S/C13H18O4S2/c1-18-9-2-10-19(16,17)12-6-3-11(4-7-12)5-8-13(14)15/h3-4,6-7H,2,5,8-10H2,1H3,(H,14,15). The van der Waals surface area contributed by atoms with Crippen molar-refractivity contribution in [3.8, 4) is 0 Å². The van der Waals surface area contributed by atoms with Crippen LogP contribution in [0.1, 0.15) is 18.4 Å². The lowest BCUT2D eigenvalue weighted by atomic mass is 10.1. The lowest BCUT2D eigenvalue weighted by Gasteiger charge is -2.05. The quantitative estimate of drug-likeness (QED) is 0.746. The van der Waals surface area contributed by atoms with Crippen molar-refractivity contribution in [3.63, 3.8) is 0 Å². The van der Waals surface area contributed by atoms with E-state index in [2.05, 4.69) is 0 Å². The zero-order valence-corrected chi connectivity index (χ0v) is 12.5. The maximum Gasteiger partial charge on any atom is 0.303 e. The molecule has 0 bridgehead atoms. The number of carbonyl (C=O) groups is 1. The number of aryl methyl sites for hydroxylation is 1. The Kier molecular flexibility index (Phi) is 6.37. The molecule has 0 aliphatic rings. The third-order valence-corrected chi connectivity index (χ3v) is 5.18. The van der Waals surface area contributed by atoms with E-state index in [1.54, 1.807) is 36.0 Å². The lowest BCUT2D eigenvalue weighted by Crippen LogP contribution is -2.07. The van der Waals surface area contributed by atoms with E-state index in [0.29, 0.717) is 17.7 Å². The van der Waals surface area contributed by atoms with Gasteiger partial charge in [-0.15, -0.1) is 0 Å². The molecule has 0 amide bonds. The Bertz CT molecular complexity index is 506. The summed E-state index contributed by atoms with van der Waals surface area (Å²) < 4.78 is 24.0. The Morgan fingerprint density at radius 3 is 2.42 bits per heavy atom. The van der Waals surface area contributed by atoms with Crippen molar-refractivity contribution in [1.29, 1.82) is 0 Å². The number of sulfone groups is 1. The predicted octanol–water partition coefficient (Wildman–Crippen LogP) is 2.23. The van der Waals surface area contributed by atoms with Gasteiger partial charge in [-0.1, -0.05) is 12.1 Å². The average molecular weight is 302 g/mol. The van der Waals surface area contributed by atoms with E-state index in [4.69, 9.17) is 5.11 Å². The molecule has 0 radical (unpaired) electrons.